The number of esters is 1. The summed E-state index contributed by atoms with van der Waals surface area (Å²) in [6.45, 7) is 0.677. The van der Waals surface area contributed by atoms with Gasteiger partial charge in [0.25, 0.3) is 5.91 Å². The highest BCUT2D eigenvalue weighted by molar-refractivity contribution is 6.30. The van der Waals surface area contributed by atoms with Crippen LogP contribution in [0.15, 0.2) is 42.6 Å². The summed E-state index contributed by atoms with van der Waals surface area (Å²) in [5.74, 6) is 0.160. The number of pyridine rings is 1. The summed E-state index contributed by atoms with van der Waals surface area (Å²) in [6, 6.07) is 10.3. The number of hydrogen-bond acceptors (Lipinski definition) is 5. The number of rotatable bonds is 4. The Morgan fingerprint density at radius 3 is 2.54 bits per heavy atom. The zero-order valence-corrected chi connectivity index (χ0v) is 14.8. The molecular formula is C19H19BN2O4. The predicted molar refractivity (Wildman–Crippen MR) is 96.8 cm³/mol. The fourth-order valence-electron chi connectivity index (χ4n) is 3.36. The summed E-state index contributed by atoms with van der Waals surface area (Å²) in [6.07, 6.45) is 2.02. The first-order valence-electron chi connectivity index (χ1n) is 8.24. The third-order valence-electron chi connectivity index (χ3n) is 4.80. The lowest BCUT2D eigenvalue weighted by Gasteiger charge is -2.27. The van der Waals surface area contributed by atoms with Gasteiger partial charge in [0.2, 0.25) is 0 Å². The van der Waals surface area contributed by atoms with Gasteiger partial charge < -0.3 is 14.4 Å². The van der Waals surface area contributed by atoms with E-state index >= 15 is 0 Å². The molecule has 7 heteroatoms. The third-order valence-corrected chi connectivity index (χ3v) is 4.80. The van der Waals surface area contributed by atoms with E-state index in [1.54, 1.807) is 54.6 Å². The Morgan fingerprint density at radius 1 is 1.19 bits per heavy atom. The zero-order valence-electron chi connectivity index (χ0n) is 14.8. The number of ether oxygens (including phenoxy) is 2. The molecule has 2 heterocycles. The number of aromatic nitrogens is 1. The molecule has 1 saturated heterocycles. The zero-order chi connectivity index (χ0) is 18.7. The maximum atomic E-state index is 12.8. The molecule has 2 aromatic rings. The van der Waals surface area contributed by atoms with Crippen molar-refractivity contribution in [1.82, 2.24) is 9.88 Å². The molecule has 0 bridgehead atoms. The second-order valence-corrected chi connectivity index (χ2v) is 6.25. The van der Waals surface area contributed by atoms with Gasteiger partial charge in [0, 0.05) is 24.8 Å². The molecule has 1 aliphatic rings. The van der Waals surface area contributed by atoms with Crippen LogP contribution < -0.4 is 10.3 Å². The summed E-state index contributed by atoms with van der Waals surface area (Å²) < 4.78 is 10.2. The van der Waals surface area contributed by atoms with Gasteiger partial charge >= 0.3 is 5.97 Å². The summed E-state index contributed by atoms with van der Waals surface area (Å²) in [4.78, 5) is 31.1. The number of hydrogen-bond donors (Lipinski definition) is 0. The standard InChI is InChI=1S/C19H19BN2O4/c1-25-15-5-3-13(4-6-15)17(23)22-10-8-19(12-22,18(24)26-2)14-7-9-21-16(20)11-14/h3-7,9,11H,8,10,12H2,1-2H3. The van der Waals surface area contributed by atoms with Gasteiger partial charge in [-0.15, -0.1) is 0 Å². The first-order chi connectivity index (χ1) is 12.5. The minimum Gasteiger partial charge on any atom is -0.497 e. The molecule has 0 saturated carbocycles. The first kappa shape index (κ1) is 18.0. The van der Waals surface area contributed by atoms with Crippen LogP contribution in [-0.4, -0.2) is 56.9 Å². The van der Waals surface area contributed by atoms with Crippen LogP contribution in [-0.2, 0) is 14.9 Å². The van der Waals surface area contributed by atoms with E-state index in [0.29, 0.717) is 35.4 Å². The molecule has 2 radical (unpaired) electrons. The van der Waals surface area contributed by atoms with Gasteiger partial charge in [0.1, 0.15) is 19.0 Å². The van der Waals surface area contributed by atoms with Gasteiger partial charge in [-0.25, -0.2) is 0 Å². The van der Waals surface area contributed by atoms with E-state index in [2.05, 4.69) is 4.98 Å². The van der Waals surface area contributed by atoms with E-state index < -0.39 is 5.41 Å². The van der Waals surface area contributed by atoms with E-state index in [1.165, 1.54) is 7.11 Å². The van der Waals surface area contributed by atoms with Gasteiger partial charge in [-0.2, -0.15) is 0 Å². The van der Waals surface area contributed by atoms with Crippen molar-refractivity contribution >= 4 is 25.3 Å². The lowest BCUT2D eigenvalue weighted by molar-refractivity contribution is -0.147. The molecule has 1 aromatic heterocycles. The highest BCUT2D eigenvalue weighted by Crippen LogP contribution is 2.36. The van der Waals surface area contributed by atoms with E-state index in [-0.39, 0.29) is 18.4 Å². The van der Waals surface area contributed by atoms with Crippen LogP contribution in [0.3, 0.4) is 0 Å². The van der Waals surface area contributed by atoms with Crippen molar-refractivity contribution in [3.63, 3.8) is 0 Å². The number of nitrogens with zero attached hydrogens (tertiary/aromatic N) is 2. The molecule has 1 atom stereocenters. The van der Waals surface area contributed by atoms with Gasteiger partial charge in [-0.3, -0.25) is 14.6 Å². The Morgan fingerprint density at radius 2 is 1.92 bits per heavy atom. The van der Waals surface area contributed by atoms with Crippen LogP contribution in [0.4, 0.5) is 0 Å². The van der Waals surface area contributed by atoms with Crippen molar-refractivity contribution < 1.29 is 19.1 Å². The summed E-state index contributed by atoms with van der Waals surface area (Å²) >= 11 is 0. The Hall–Kier alpha value is -2.83. The van der Waals surface area contributed by atoms with Gasteiger partial charge in [-0.1, -0.05) is 0 Å². The van der Waals surface area contributed by atoms with Crippen LogP contribution >= 0.6 is 0 Å². The quantitative estimate of drug-likeness (QED) is 0.604. The van der Waals surface area contributed by atoms with E-state index in [1.807, 2.05) is 0 Å². The monoisotopic (exact) mass is 350 g/mol. The van der Waals surface area contributed by atoms with Crippen molar-refractivity contribution in [1.29, 1.82) is 0 Å². The normalized spacial score (nSPS) is 19.2. The smallest absolute Gasteiger partial charge is 0.318 e. The molecule has 0 N–H and O–H groups in total. The second-order valence-electron chi connectivity index (χ2n) is 6.25. The molecule has 1 aliphatic heterocycles. The molecule has 1 aromatic carbocycles. The van der Waals surface area contributed by atoms with Crippen molar-refractivity contribution in [2.24, 2.45) is 0 Å². The van der Waals surface area contributed by atoms with Crippen LogP contribution in [0.5, 0.6) is 5.75 Å². The van der Waals surface area contributed by atoms with E-state index in [4.69, 9.17) is 17.3 Å². The molecular weight excluding hydrogens is 331 g/mol. The Labute approximate surface area is 153 Å². The number of likely N-dealkylation sites (tertiary alicyclic amines) is 1. The minimum absolute atomic E-state index is 0.138. The first-order valence-corrected chi connectivity index (χ1v) is 8.24. The highest BCUT2D eigenvalue weighted by Gasteiger charge is 2.48. The maximum Gasteiger partial charge on any atom is 0.318 e. The molecule has 132 valence electrons. The molecule has 1 amide bonds. The highest BCUT2D eigenvalue weighted by atomic mass is 16.5. The van der Waals surface area contributed by atoms with Crippen LogP contribution in [0, 0.1) is 0 Å². The largest absolute Gasteiger partial charge is 0.497 e. The third kappa shape index (κ3) is 3.17. The van der Waals surface area contributed by atoms with Crippen LogP contribution in [0.1, 0.15) is 22.3 Å². The lowest BCUT2D eigenvalue weighted by Crippen LogP contribution is -2.41. The lowest BCUT2D eigenvalue weighted by atomic mass is 9.79. The Kier molecular flexibility index (Phi) is 4.98. The average molecular weight is 350 g/mol. The topological polar surface area (TPSA) is 68.7 Å². The Balaban J connectivity index is 1.89. The molecule has 6 nitrogen and oxygen atoms in total. The number of benzene rings is 1. The Bertz CT molecular complexity index is 825. The van der Waals surface area contributed by atoms with Gasteiger partial charge in [0.15, 0.2) is 0 Å². The minimum atomic E-state index is -0.937. The molecule has 26 heavy (non-hydrogen) atoms. The van der Waals surface area contributed by atoms with E-state index in [9.17, 15) is 9.59 Å². The van der Waals surface area contributed by atoms with Gasteiger partial charge in [0.05, 0.1) is 14.2 Å². The molecule has 1 unspecified atom stereocenters. The summed E-state index contributed by atoms with van der Waals surface area (Å²) in [5.41, 5.74) is 0.641. The van der Waals surface area contributed by atoms with Crippen molar-refractivity contribution in [2.45, 2.75) is 11.8 Å². The summed E-state index contributed by atoms with van der Waals surface area (Å²) in [5, 5.41) is 0. The molecule has 1 fully saturated rings. The second kappa shape index (κ2) is 7.19. The van der Waals surface area contributed by atoms with Gasteiger partial charge in [-0.05, 0) is 54.0 Å². The van der Waals surface area contributed by atoms with Crippen molar-refractivity contribution in [2.75, 3.05) is 27.3 Å². The predicted octanol–water partition coefficient (Wildman–Crippen LogP) is 0.841. The number of amides is 1. The number of methoxy groups -OCH3 is 2. The fraction of sp³-hybridized carbons (Fsp3) is 0.316. The molecule has 0 spiro atoms. The maximum absolute atomic E-state index is 12.8. The number of carbonyl (C=O) groups is 2. The van der Waals surface area contributed by atoms with Crippen molar-refractivity contribution in [3.8, 4) is 5.75 Å². The van der Waals surface area contributed by atoms with Crippen LogP contribution in [0.25, 0.3) is 0 Å². The van der Waals surface area contributed by atoms with E-state index in [0.717, 1.165) is 0 Å². The number of carbonyl (C=O) groups excluding carboxylic acids is 2. The van der Waals surface area contributed by atoms with Crippen LogP contribution in [0.2, 0.25) is 0 Å². The summed E-state index contributed by atoms with van der Waals surface area (Å²) in [7, 11) is 8.71. The average Bonchev–Trinajstić information content (AvgIpc) is 3.13. The SMILES string of the molecule is [B]c1cc(C2(C(=O)OC)CCN(C(=O)c3ccc(OC)cc3)C2)ccn1. The van der Waals surface area contributed by atoms with Crippen molar-refractivity contribution in [3.05, 3.63) is 53.7 Å². The molecule has 0 aliphatic carbocycles. The molecule has 3 rings (SSSR count). The fourth-order valence-corrected chi connectivity index (χ4v) is 3.36.